The van der Waals surface area contributed by atoms with Gasteiger partial charge in [0.05, 0.1) is 17.9 Å². The van der Waals surface area contributed by atoms with Crippen LogP contribution in [-0.4, -0.2) is 30.0 Å². The zero-order valence-corrected chi connectivity index (χ0v) is 14.4. The highest BCUT2D eigenvalue weighted by Crippen LogP contribution is 2.21. The third-order valence-corrected chi connectivity index (χ3v) is 4.43. The molecule has 0 saturated heterocycles. The minimum absolute atomic E-state index is 0.104. The Hall–Kier alpha value is -2.73. The van der Waals surface area contributed by atoms with Gasteiger partial charge in [0.15, 0.2) is 0 Å². The first-order chi connectivity index (χ1) is 11.6. The Kier molecular flexibility index (Phi) is 4.86. The van der Waals surface area contributed by atoms with Crippen molar-refractivity contribution >= 4 is 22.9 Å². The van der Waals surface area contributed by atoms with Crippen LogP contribution in [0, 0.1) is 0 Å². The average Bonchev–Trinajstić information content (AvgIpc) is 3.09. The highest BCUT2D eigenvalue weighted by Gasteiger charge is 2.09. The van der Waals surface area contributed by atoms with E-state index in [1.165, 1.54) is 11.3 Å². The molecule has 0 radical (unpaired) electrons. The van der Waals surface area contributed by atoms with Gasteiger partial charge in [0.1, 0.15) is 5.01 Å². The molecule has 0 spiro atoms. The van der Waals surface area contributed by atoms with Gasteiger partial charge < -0.3 is 10.2 Å². The Morgan fingerprint density at radius 3 is 2.62 bits per heavy atom. The first kappa shape index (κ1) is 16.1. The fourth-order valence-corrected chi connectivity index (χ4v) is 2.97. The number of thiazole rings is 1. The molecular formula is C18H18N4OS. The van der Waals surface area contributed by atoms with Crippen LogP contribution >= 0.6 is 11.3 Å². The first-order valence-corrected chi connectivity index (χ1v) is 8.43. The highest BCUT2D eigenvalue weighted by atomic mass is 32.1. The largest absolute Gasteiger partial charge is 0.378 e. The third-order valence-electron chi connectivity index (χ3n) is 3.51. The van der Waals surface area contributed by atoms with E-state index in [1.54, 1.807) is 6.20 Å². The fraction of sp³-hybridized carbons (Fsp3) is 0.167. The molecule has 0 bridgehead atoms. The van der Waals surface area contributed by atoms with Crippen molar-refractivity contribution in [1.82, 2.24) is 15.3 Å². The predicted molar refractivity (Wildman–Crippen MR) is 97.3 cm³/mol. The minimum atomic E-state index is -0.104. The van der Waals surface area contributed by atoms with E-state index in [-0.39, 0.29) is 5.91 Å². The van der Waals surface area contributed by atoms with Crippen molar-refractivity contribution in [2.75, 3.05) is 19.0 Å². The number of amides is 1. The van der Waals surface area contributed by atoms with Crippen LogP contribution in [0.1, 0.15) is 16.1 Å². The summed E-state index contributed by atoms with van der Waals surface area (Å²) in [4.78, 5) is 23.0. The van der Waals surface area contributed by atoms with Crippen LogP contribution in [0.2, 0.25) is 0 Å². The zero-order chi connectivity index (χ0) is 16.9. The van der Waals surface area contributed by atoms with Crippen molar-refractivity contribution in [2.24, 2.45) is 0 Å². The summed E-state index contributed by atoms with van der Waals surface area (Å²) in [6.07, 6.45) is 1.75. The SMILES string of the molecule is CN(C)c1ccc(C(=O)NCc2csc(-c3ccccn3)n2)cc1. The maximum Gasteiger partial charge on any atom is 0.251 e. The van der Waals surface area contributed by atoms with Gasteiger partial charge in [-0.3, -0.25) is 9.78 Å². The summed E-state index contributed by atoms with van der Waals surface area (Å²) < 4.78 is 0. The standard InChI is InChI=1S/C18H18N4OS/c1-22(2)15-8-6-13(7-9-15)17(23)20-11-14-12-24-18(21-14)16-5-3-4-10-19-16/h3-10,12H,11H2,1-2H3,(H,20,23). The quantitative estimate of drug-likeness (QED) is 0.776. The number of anilines is 1. The van der Waals surface area contributed by atoms with Gasteiger partial charge in [-0.25, -0.2) is 4.98 Å². The maximum absolute atomic E-state index is 12.2. The lowest BCUT2D eigenvalue weighted by molar-refractivity contribution is 0.0950. The number of pyridine rings is 1. The molecule has 2 heterocycles. The molecule has 0 unspecified atom stereocenters. The molecular weight excluding hydrogens is 320 g/mol. The molecule has 0 aliphatic rings. The van der Waals surface area contributed by atoms with Crippen molar-refractivity contribution in [3.63, 3.8) is 0 Å². The number of aromatic nitrogens is 2. The molecule has 0 saturated carbocycles. The molecule has 5 nitrogen and oxygen atoms in total. The van der Waals surface area contributed by atoms with Crippen molar-refractivity contribution in [3.05, 3.63) is 65.3 Å². The summed E-state index contributed by atoms with van der Waals surface area (Å²) in [5.41, 5.74) is 3.38. The first-order valence-electron chi connectivity index (χ1n) is 7.55. The minimum Gasteiger partial charge on any atom is -0.378 e. The number of rotatable bonds is 5. The van der Waals surface area contributed by atoms with Gasteiger partial charge in [-0.1, -0.05) is 6.07 Å². The number of hydrogen-bond donors (Lipinski definition) is 1. The van der Waals surface area contributed by atoms with Crippen LogP contribution in [0.25, 0.3) is 10.7 Å². The van der Waals surface area contributed by atoms with E-state index in [0.29, 0.717) is 12.1 Å². The number of nitrogens with one attached hydrogen (secondary N) is 1. The molecule has 3 aromatic rings. The molecule has 1 amide bonds. The molecule has 6 heteroatoms. The van der Waals surface area contributed by atoms with Crippen molar-refractivity contribution < 1.29 is 4.79 Å². The number of nitrogens with zero attached hydrogens (tertiary/aromatic N) is 3. The molecule has 2 aromatic heterocycles. The molecule has 1 N–H and O–H groups in total. The zero-order valence-electron chi connectivity index (χ0n) is 13.6. The average molecular weight is 338 g/mol. The summed E-state index contributed by atoms with van der Waals surface area (Å²) >= 11 is 1.52. The molecule has 0 aliphatic carbocycles. The van der Waals surface area contributed by atoms with Gasteiger partial charge in [0, 0.05) is 36.9 Å². The molecule has 3 rings (SSSR count). The predicted octanol–water partition coefficient (Wildman–Crippen LogP) is 3.20. The van der Waals surface area contributed by atoms with Gasteiger partial charge in [-0.05, 0) is 36.4 Å². The summed E-state index contributed by atoms with van der Waals surface area (Å²) in [7, 11) is 3.94. The Bertz CT molecular complexity index is 813. The lowest BCUT2D eigenvalue weighted by Gasteiger charge is -2.12. The lowest BCUT2D eigenvalue weighted by Crippen LogP contribution is -2.23. The normalized spacial score (nSPS) is 10.4. The van der Waals surface area contributed by atoms with Crippen molar-refractivity contribution in [1.29, 1.82) is 0 Å². The number of carbonyl (C=O) groups excluding carboxylic acids is 1. The third kappa shape index (κ3) is 3.78. The Labute approximate surface area is 145 Å². The Morgan fingerprint density at radius 1 is 1.17 bits per heavy atom. The van der Waals surface area contributed by atoms with Gasteiger partial charge >= 0.3 is 0 Å². The number of carbonyl (C=O) groups is 1. The van der Waals surface area contributed by atoms with E-state index in [9.17, 15) is 4.79 Å². The van der Waals surface area contributed by atoms with Crippen LogP contribution in [0.5, 0.6) is 0 Å². The maximum atomic E-state index is 12.2. The van der Waals surface area contributed by atoms with E-state index in [4.69, 9.17) is 0 Å². The Morgan fingerprint density at radius 2 is 1.96 bits per heavy atom. The summed E-state index contributed by atoms with van der Waals surface area (Å²) in [5.74, 6) is -0.104. The second-order valence-electron chi connectivity index (χ2n) is 5.48. The van der Waals surface area contributed by atoms with Gasteiger partial charge in [-0.15, -0.1) is 11.3 Å². The molecule has 0 atom stereocenters. The van der Waals surface area contributed by atoms with Gasteiger partial charge in [-0.2, -0.15) is 0 Å². The van der Waals surface area contributed by atoms with E-state index in [1.807, 2.05) is 66.8 Å². The van der Waals surface area contributed by atoms with Crippen molar-refractivity contribution in [2.45, 2.75) is 6.54 Å². The molecule has 0 aliphatic heterocycles. The topological polar surface area (TPSA) is 58.1 Å². The summed E-state index contributed by atoms with van der Waals surface area (Å²) in [6.45, 7) is 0.400. The van der Waals surface area contributed by atoms with E-state index in [2.05, 4.69) is 15.3 Å². The fourth-order valence-electron chi connectivity index (χ4n) is 2.18. The molecule has 122 valence electrons. The summed E-state index contributed by atoms with van der Waals surface area (Å²) in [6, 6.07) is 13.2. The van der Waals surface area contributed by atoms with Crippen LogP contribution in [0.3, 0.4) is 0 Å². The molecule has 0 fully saturated rings. The monoisotopic (exact) mass is 338 g/mol. The van der Waals surface area contributed by atoms with Crippen molar-refractivity contribution in [3.8, 4) is 10.7 Å². The Balaban J connectivity index is 1.61. The number of hydrogen-bond acceptors (Lipinski definition) is 5. The van der Waals surface area contributed by atoms with Crippen LogP contribution in [0.15, 0.2) is 54.0 Å². The smallest absolute Gasteiger partial charge is 0.251 e. The summed E-state index contributed by atoms with van der Waals surface area (Å²) in [5, 5.41) is 5.70. The van der Waals surface area contributed by atoms with E-state index in [0.717, 1.165) is 22.1 Å². The van der Waals surface area contributed by atoms with Crippen LogP contribution in [0.4, 0.5) is 5.69 Å². The number of benzene rings is 1. The molecule has 1 aromatic carbocycles. The second-order valence-corrected chi connectivity index (χ2v) is 6.34. The lowest BCUT2D eigenvalue weighted by atomic mass is 10.2. The van der Waals surface area contributed by atoms with Gasteiger partial charge in [0.2, 0.25) is 0 Å². The van der Waals surface area contributed by atoms with E-state index >= 15 is 0 Å². The van der Waals surface area contributed by atoms with Crippen LogP contribution in [-0.2, 0) is 6.54 Å². The highest BCUT2D eigenvalue weighted by molar-refractivity contribution is 7.13. The second kappa shape index (κ2) is 7.23. The van der Waals surface area contributed by atoms with Gasteiger partial charge in [0.25, 0.3) is 5.91 Å². The van der Waals surface area contributed by atoms with E-state index < -0.39 is 0 Å². The van der Waals surface area contributed by atoms with Crippen LogP contribution < -0.4 is 10.2 Å². The molecule has 24 heavy (non-hydrogen) atoms.